The predicted octanol–water partition coefficient (Wildman–Crippen LogP) is 3.13. The maximum Gasteiger partial charge on any atom is 0.131 e. The topological polar surface area (TPSA) is 28.2 Å². The van der Waals surface area contributed by atoms with Crippen LogP contribution in [-0.4, -0.2) is 24.6 Å². The summed E-state index contributed by atoms with van der Waals surface area (Å²) in [4.78, 5) is 7.13. The smallest absolute Gasteiger partial charge is 0.131 e. The monoisotopic (exact) mass is 261 g/mol. The molecule has 1 aromatic rings. The number of pyridine rings is 1. The van der Waals surface area contributed by atoms with E-state index in [0.29, 0.717) is 0 Å². The molecule has 0 atom stereocenters. The minimum Gasteiger partial charge on any atom is -0.356 e. The summed E-state index contributed by atoms with van der Waals surface area (Å²) in [5.74, 6) is 2.06. The number of aryl methyl sites for hydroxylation is 1. The van der Waals surface area contributed by atoms with E-state index in [-0.39, 0.29) is 0 Å². The van der Waals surface area contributed by atoms with Gasteiger partial charge < -0.3 is 10.2 Å². The molecule has 3 heteroatoms. The molecule has 3 nitrogen and oxygen atoms in total. The van der Waals surface area contributed by atoms with Gasteiger partial charge >= 0.3 is 0 Å². The zero-order valence-electron chi connectivity index (χ0n) is 12.6. The number of nitrogens with zero attached hydrogens (tertiary/aromatic N) is 2. The van der Waals surface area contributed by atoms with Crippen molar-refractivity contribution < 1.29 is 0 Å². The van der Waals surface area contributed by atoms with Crippen LogP contribution < -0.4 is 10.2 Å². The summed E-state index contributed by atoms with van der Waals surface area (Å²) in [6, 6.07) is 2.28. The second kappa shape index (κ2) is 6.90. The Morgan fingerprint density at radius 1 is 1.37 bits per heavy atom. The molecule has 0 unspecified atom stereocenters. The summed E-state index contributed by atoms with van der Waals surface area (Å²) >= 11 is 0. The Labute approximate surface area is 117 Å². The van der Waals surface area contributed by atoms with Gasteiger partial charge in [0.05, 0.1) is 0 Å². The average Bonchev–Trinajstić information content (AvgIpc) is 2.41. The zero-order chi connectivity index (χ0) is 13.7. The Morgan fingerprint density at radius 3 is 2.74 bits per heavy atom. The van der Waals surface area contributed by atoms with Crippen molar-refractivity contribution in [2.45, 2.75) is 46.6 Å². The third-order valence-electron chi connectivity index (χ3n) is 3.95. The standard InChI is InChI=1S/C16H27N3/c1-4-7-17-11-15-10-14(3)16(18-12-15)19-8-5-13(2)6-9-19/h10,12-13,17H,4-9,11H2,1-3H3. The SMILES string of the molecule is CCCNCc1cnc(N2CCC(C)CC2)c(C)c1. The summed E-state index contributed by atoms with van der Waals surface area (Å²) in [6.07, 6.45) is 5.79. The highest BCUT2D eigenvalue weighted by Crippen LogP contribution is 2.24. The molecular formula is C16H27N3. The lowest BCUT2D eigenvalue weighted by Crippen LogP contribution is -2.34. The van der Waals surface area contributed by atoms with Crippen LogP contribution in [0, 0.1) is 12.8 Å². The molecule has 1 N–H and O–H groups in total. The van der Waals surface area contributed by atoms with Gasteiger partial charge in [-0.15, -0.1) is 0 Å². The molecule has 106 valence electrons. The first-order valence-corrected chi connectivity index (χ1v) is 7.62. The average molecular weight is 261 g/mol. The van der Waals surface area contributed by atoms with Crippen LogP contribution in [0.25, 0.3) is 0 Å². The third-order valence-corrected chi connectivity index (χ3v) is 3.95. The highest BCUT2D eigenvalue weighted by molar-refractivity contribution is 5.47. The molecule has 0 aliphatic carbocycles. The molecule has 2 rings (SSSR count). The molecule has 0 radical (unpaired) electrons. The Morgan fingerprint density at radius 2 is 2.11 bits per heavy atom. The minimum atomic E-state index is 0.870. The normalized spacial score (nSPS) is 16.9. The maximum atomic E-state index is 4.69. The van der Waals surface area contributed by atoms with Gasteiger partial charge in [0.1, 0.15) is 5.82 Å². The fourth-order valence-electron chi connectivity index (χ4n) is 2.68. The second-order valence-corrected chi connectivity index (χ2v) is 5.83. The van der Waals surface area contributed by atoms with Gasteiger partial charge in [-0.25, -0.2) is 4.98 Å². The Bertz CT molecular complexity index is 395. The zero-order valence-corrected chi connectivity index (χ0v) is 12.6. The molecule has 1 saturated heterocycles. The van der Waals surface area contributed by atoms with E-state index in [1.807, 2.05) is 6.20 Å². The highest BCUT2D eigenvalue weighted by atomic mass is 15.2. The van der Waals surface area contributed by atoms with Gasteiger partial charge in [-0.2, -0.15) is 0 Å². The van der Waals surface area contributed by atoms with Crippen molar-refractivity contribution in [2.24, 2.45) is 5.92 Å². The number of hydrogen-bond donors (Lipinski definition) is 1. The fourth-order valence-corrected chi connectivity index (χ4v) is 2.68. The van der Waals surface area contributed by atoms with Crippen molar-refractivity contribution >= 4 is 5.82 Å². The van der Waals surface area contributed by atoms with Crippen LogP contribution in [-0.2, 0) is 6.54 Å². The Balaban J connectivity index is 1.98. The van der Waals surface area contributed by atoms with Gasteiger partial charge in [0.25, 0.3) is 0 Å². The molecule has 1 aliphatic rings. The van der Waals surface area contributed by atoms with Crippen molar-refractivity contribution in [1.29, 1.82) is 0 Å². The quantitative estimate of drug-likeness (QED) is 0.825. The van der Waals surface area contributed by atoms with E-state index in [1.165, 1.54) is 36.2 Å². The van der Waals surface area contributed by atoms with Crippen LogP contribution >= 0.6 is 0 Å². The second-order valence-electron chi connectivity index (χ2n) is 5.83. The summed E-state index contributed by atoms with van der Waals surface area (Å²) in [6.45, 7) is 11.0. The van der Waals surface area contributed by atoms with Gasteiger partial charge in [-0.1, -0.05) is 13.8 Å². The number of piperidine rings is 1. The van der Waals surface area contributed by atoms with Crippen molar-refractivity contribution in [3.8, 4) is 0 Å². The molecule has 2 heterocycles. The highest BCUT2D eigenvalue weighted by Gasteiger charge is 2.18. The van der Waals surface area contributed by atoms with Crippen LogP contribution in [0.4, 0.5) is 5.82 Å². The van der Waals surface area contributed by atoms with Crippen LogP contribution in [0.2, 0.25) is 0 Å². The first-order valence-electron chi connectivity index (χ1n) is 7.62. The van der Waals surface area contributed by atoms with Crippen LogP contribution in [0.15, 0.2) is 12.3 Å². The molecule has 0 aromatic carbocycles. The number of hydrogen-bond acceptors (Lipinski definition) is 3. The van der Waals surface area contributed by atoms with E-state index in [2.05, 4.69) is 37.1 Å². The predicted molar refractivity (Wildman–Crippen MR) is 81.6 cm³/mol. The van der Waals surface area contributed by atoms with Gasteiger partial charge in [-0.05, 0) is 55.8 Å². The molecule has 1 aliphatic heterocycles. The van der Waals surface area contributed by atoms with Crippen molar-refractivity contribution in [1.82, 2.24) is 10.3 Å². The van der Waals surface area contributed by atoms with Crippen molar-refractivity contribution in [2.75, 3.05) is 24.5 Å². The van der Waals surface area contributed by atoms with E-state index in [4.69, 9.17) is 4.98 Å². The molecule has 1 aromatic heterocycles. The molecule has 1 fully saturated rings. The van der Waals surface area contributed by atoms with E-state index in [1.54, 1.807) is 0 Å². The first kappa shape index (κ1) is 14.3. The summed E-state index contributed by atoms with van der Waals surface area (Å²) < 4.78 is 0. The maximum absolute atomic E-state index is 4.69. The molecule has 0 saturated carbocycles. The number of aromatic nitrogens is 1. The Hall–Kier alpha value is -1.09. The lowest BCUT2D eigenvalue weighted by Gasteiger charge is -2.32. The lowest BCUT2D eigenvalue weighted by atomic mass is 9.99. The van der Waals surface area contributed by atoms with Crippen LogP contribution in [0.1, 0.15) is 44.2 Å². The van der Waals surface area contributed by atoms with Crippen molar-refractivity contribution in [3.05, 3.63) is 23.4 Å². The van der Waals surface area contributed by atoms with Crippen LogP contribution in [0.3, 0.4) is 0 Å². The van der Waals surface area contributed by atoms with E-state index >= 15 is 0 Å². The van der Waals surface area contributed by atoms with E-state index < -0.39 is 0 Å². The number of nitrogens with one attached hydrogen (secondary N) is 1. The third kappa shape index (κ3) is 3.93. The molecule has 0 spiro atoms. The lowest BCUT2D eigenvalue weighted by molar-refractivity contribution is 0.436. The summed E-state index contributed by atoms with van der Waals surface area (Å²) in [5, 5.41) is 3.43. The summed E-state index contributed by atoms with van der Waals surface area (Å²) in [5.41, 5.74) is 2.60. The summed E-state index contributed by atoms with van der Waals surface area (Å²) in [7, 11) is 0. The first-order chi connectivity index (χ1) is 9.20. The molecular weight excluding hydrogens is 234 g/mol. The molecule has 19 heavy (non-hydrogen) atoms. The van der Waals surface area contributed by atoms with Gasteiger partial charge in [0, 0.05) is 25.8 Å². The Kier molecular flexibility index (Phi) is 5.20. The molecule has 0 bridgehead atoms. The van der Waals surface area contributed by atoms with Crippen LogP contribution in [0.5, 0.6) is 0 Å². The van der Waals surface area contributed by atoms with E-state index in [9.17, 15) is 0 Å². The minimum absolute atomic E-state index is 0.870. The number of anilines is 1. The fraction of sp³-hybridized carbons (Fsp3) is 0.688. The van der Waals surface area contributed by atoms with Gasteiger partial charge in [-0.3, -0.25) is 0 Å². The van der Waals surface area contributed by atoms with E-state index in [0.717, 1.165) is 32.1 Å². The molecule has 0 amide bonds. The largest absolute Gasteiger partial charge is 0.356 e. The van der Waals surface area contributed by atoms with Crippen molar-refractivity contribution in [3.63, 3.8) is 0 Å². The number of rotatable bonds is 5. The van der Waals surface area contributed by atoms with Gasteiger partial charge in [0.2, 0.25) is 0 Å². The van der Waals surface area contributed by atoms with Gasteiger partial charge in [0.15, 0.2) is 0 Å².